The Morgan fingerprint density at radius 1 is 1.29 bits per heavy atom. The maximum absolute atomic E-state index is 12.4. The van der Waals surface area contributed by atoms with Gasteiger partial charge < -0.3 is 15.8 Å². The van der Waals surface area contributed by atoms with Crippen molar-refractivity contribution in [3.63, 3.8) is 0 Å². The SMILES string of the molecule is COc1cc(Cl)c(C)cc1NC(=O)c1cccc(N)c1C. The van der Waals surface area contributed by atoms with Gasteiger partial charge in [0.25, 0.3) is 5.91 Å². The summed E-state index contributed by atoms with van der Waals surface area (Å²) < 4.78 is 5.25. The predicted octanol–water partition coefficient (Wildman–Crippen LogP) is 3.80. The van der Waals surface area contributed by atoms with Gasteiger partial charge in [-0.15, -0.1) is 0 Å². The van der Waals surface area contributed by atoms with Gasteiger partial charge in [-0.05, 0) is 43.2 Å². The molecule has 0 unspecified atom stereocenters. The molecule has 0 aliphatic carbocycles. The van der Waals surface area contributed by atoms with Crippen molar-refractivity contribution < 1.29 is 9.53 Å². The summed E-state index contributed by atoms with van der Waals surface area (Å²) in [5, 5.41) is 3.42. The number of rotatable bonds is 3. The normalized spacial score (nSPS) is 10.3. The first-order valence-electron chi connectivity index (χ1n) is 6.44. The molecule has 0 saturated carbocycles. The average Bonchev–Trinajstić information content (AvgIpc) is 2.45. The van der Waals surface area contributed by atoms with Gasteiger partial charge in [-0.3, -0.25) is 4.79 Å². The van der Waals surface area contributed by atoms with Gasteiger partial charge in [0.15, 0.2) is 0 Å². The minimum atomic E-state index is -0.236. The van der Waals surface area contributed by atoms with Gasteiger partial charge in [0.1, 0.15) is 5.75 Å². The Morgan fingerprint density at radius 3 is 2.67 bits per heavy atom. The van der Waals surface area contributed by atoms with Crippen LogP contribution in [-0.2, 0) is 0 Å². The van der Waals surface area contributed by atoms with E-state index >= 15 is 0 Å². The van der Waals surface area contributed by atoms with E-state index in [1.807, 2.05) is 13.8 Å². The molecule has 0 radical (unpaired) electrons. The van der Waals surface area contributed by atoms with Gasteiger partial charge in [0.2, 0.25) is 0 Å². The fraction of sp³-hybridized carbons (Fsp3) is 0.188. The summed E-state index contributed by atoms with van der Waals surface area (Å²) in [6.45, 7) is 3.68. The summed E-state index contributed by atoms with van der Waals surface area (Å²) >= 11 is 6.05. The minimum absolute atomic E-state index is 0.236. The predicted molar refractivity (Wildman–Crippen MR) is 86.3 cm³/mol. The molecule has 2 rings (SSSR count). The van der Waals surface area contributed by atoms with E-state index in [2.05, 4.69) is 5.32 Å². The highest BCUT2D eigenvalue weighted by molar-refractivity contribution is 6.31. The first-order chi connectivity index (χ1) is 9.93. The molecule has 0 aromatic heterocycles. The van der Waals surface area contributed by atoms with Crippen LogP contribution in [0.4, 0.5) is 11.4 Å². The number of methoxy groups -OCH3 is 1. The molecule has 21 heavy (non-hydrogen) atoms. The molecule has 0 fully saturated rings. The monoisotopic (exact) mass is 304 g/mol. The molecule has 2 aromatic rings. The number of anilines is 2. The molecule has 4 nitrogen and oxygen atoms in total. The van der Waals surface area contributed by atoms with Crippen LogP contribution >= 0.6 is 11.6 Å². The first-order valence-corrected chi connectivity index (χ1v) is 6.82. The number of carbonyl (C=O) groups excluding carboxylic acids is 1. The topological polar surface area (TPSA) is 64.3 Å². The van der Waals surface area contributed by atoms with Crippen molar-refractivity contribution in [2.45, 2.75) is 13.8 Å². The van der Waals surface area contributed by atoms with Crippen molar-refractivity contribution in [3.8, 4) is 5.75 Å². The quantitative estimate of drug-likeness (QED) is 0.848. The number of ether oxygens (including phenoxy) is 1. The second-order valence-corrected chi connectivity index (χ2v) is 5.18. The fourth-order valence-electron chi connectivity index (χ4n) is 2.02. The summed E-state index contributed by atoms with van der Waals surface area (Å²) in [4.78, 5) is 12.4. The summed E-state index contributed by atoms with van der Waals surface area (Å²) in [6, 6.07) is 8.70. The van der Waals surface area contributed by atoms with E-state index in [1.165, 1.54) is 7.11 Å². The Bertz CT molecular complexity index is 699. The van der Waals surface area contributed by atoms with Gasteiger partial charge in [-0.1, -0.05) is 17.7 Å². The van der Waals surface area contributed by atoms with Crippen molar-refractivity contribution in [3.05, 3.63) is 52.0 Å². The number of aryl methyl sites for hydroxylation is 1. The molecule has 0 saturated heterocycles. The van der Waals surface area contributed by atoms with E-state index in [1.54, 1.807) is 30.3 Å². The van der Waals surface area contributed by atoms with Gasteiger partial charge in [-0.2, -0.15) is 0 Å². The lowest BCUT2D eigenvalue weighted by atomic mass is 10.1. The third-order valence-corrected chi connectivity index (χ3v) is 3.76. The van der Waals surface area contributed by atoms with Crippen molar-refractivity contribution in [1.82, 2.24) is 0 Å². The van der Waals surface area contributed by atoms with Crippen LogP contribution in [0.25, 0.3) is 0 Å². The summed E-state index contributed by atoms with van der Waals surface area (Å²) in [5.74, 6) is 0.278. The molecular weight excluding hydrogens is 288 g/mol. The summed E-state index contributed by atoms with van der Waals surface area (Å²) in [7, 11) is 1.53. The lowest BCUT2D eigenvalue weighted by molar-refractivity contribution is 0.102. The molecule has 0 heterocycles. The number of hydrogen-bond acceptors (Lipinski definition) is 3. The number of benzene rings is 2. The average molecular weight is 305 g/mol. The second kappa shape index (κ2) is 6.06. The van der Waals surface area contributed by atoms with E-state index in [4.69, 9.17) is 22.1 Å². The molecule has 2 aromatic carbocycles. The number of nitrogen functional groups attached to an aromatic ring is 1. The molecule has 3 N–H and O–H groups in total. The van der Waals surface area contributed by atoms with Gasteiger partial charge in [-0.25, -0.2) is 0 Å². The van der Waals surface area contributed by atoms with Crippen LogP contribution in [0.5, 0.6) is 5.75 Å². The van der Waals surface area contributed by atoms with Crippen molar-refractivity contribution in [2.75, 3.05) is 18.2 Å². The molecule has 0 spiro atoms. The lowest BCUT2D eigenvalue weighted by Gasteiger charge is -2.13. The Morgan fingerprint density at radius 2 is 2.00 bits per heavy atom. The van der Waals surface area contributed by atoms with Crippen LogP contribution in [0, 0.1) is 13.8 Å². The van der Waals surface area contributed by atoms with Crippen LogP contribution in [0.2, 0.25) is 5.02 Å². The van der Waals surface area contributed by atoms with Crippen molar-refractivity contribution >= 4 is 28.9 Å². The standard InChI is InChI=1S/C16H17ClN2O2/c1-9-7-14(15(21-3)8-12(9)17)19-16(20)11-5-4-6-13(18)10(11)2/h4-8H,18H2,1-3H3,(H,19,20). The molecular formula is C16H17ClN2O2. The van der Waals surface area contributed by atoms with Crippen LogP contribution in [0.3, 0.4) is 0 Å². The smallest absolute Gasteiger partial charge is 0.256 e. The van der Waals surface area contributed by atoms with Crippen LogP contribution in [0.15, 0.2) is 30.3 Å². The Kier molecular flexibility index (Phi) is 4.38. The largest absolute Gasteiger partial charge is 0.495 e. The zero-order valence-electron chi connectivity index (χ0n) is 12.2. The maximum Gasteiger partial charge on any atom is 0.256 e. The molecule has 0 bridgehead atoms. The molecule has 0 aliphatic rings. The number of carbonyl (C=O) groups is 1. The highest BCUT2D eigenvalue weighted by Crippen LogP contribution is 2.31. The zero-order chi connectivity index (χ0) is 15.6. The molecule has 1 amide bonds. The van der Waals surface area contributed by atoms with Crippen LogP contribution in [-0.4, -0.2) is 13.0 Å². The number of halogens is 1. The van der Waals surface area contributed by atoms with Gasteiger partial charge >= 0.3 is 0 Å². The number of hydrogen-bond donors (Lipinski definition) is 2. The van der Waals surface area contributed by atoms with Gasteiger partial charge in [0, 0.05) is 22.3 Å². The summed E-state index contributed by atoms with van der Waals surface area (Å²) in [6.07, 6.45) is 0. The molecule has 110 valence electrons. The van der Waals surface area contributed by atoms with Crippen LogP contribution in [0.1, 0.15) is 21.5 Å². The van der Waals surface area contributed by atoms with E-state index in [9.17, 15) is 4.79 Å². The minimum Gasteiger partial charge on any atom is -0.495 e. The summed E-state index contributed by atoms with van der Waals surface area (Å²) in [5.41, 5.74) is 9.13. The van der Waals surface area contributed by atoms with E-state index < -0.39 is 0 Å². The highest BCUT2D eigenvalue weighted by Gasteiger charge is 2.14. The first kappa shape index (κ1) is 15.2. The van der Waals surface area contributed by atoms with E-state index in [0.29, 0.717) is 27.7 Å². The number of amides is 1. The molecule has 0 atom stereocenters. The Hall–Kier alpha value is -2.20. The molecule has 0 aliphatic heterocycles. The highest BCUT2D eigenvalue weighted by atomic mass is 35.5. The van der Waals surface area contributed by atoms with Crippen molar-refractivity contribution in [2.24, 2.45) is 0 Å². The van der Waals surface area contributed by atoms with E-state index in [-0.39, 0.29) is 5.91 Å². The van der Waals surface area contributed by atoms with Gasteiger partial charge in [0.05, 0.1) is 12.8 Å². The second-order valence-electron chi connectivity index (χ2n) is 4.78. The Labute approximate surface area is 128 Å². The number of nitrogens with one attached hydrogen (secondary N) is 1. The molecule has 5 heteroatoms. The zero-order valence-corrected chi connectivity index (χ0v) is 12.9. The maximum atomic E-state index is 12.4. The Balaban J connectivity index is 2.36. The van der Waals surface area contributed by atoms with Crippen molar-refractivity contribution in [1.29, 1.82) is 0 Å². The lowest BCUT2D eigenvalue weighted by Crippen LogP contribution is -2.15. The third kappa shape index (κ3) is 3.11. The number of nitrogens with two attached hydrogens (primary N) is 1. The van der Waals surface area contributed by atoms with Crippen LogP contribution < -0.4 is 15.8 Å². The fourth-order valence-corrected chi connectivity index (χ4v) is 2.17. The van der Waals surface area contributed by atoms with E-state index in [0.717, 1.165) is 11.1 Å². The third-order valence-electron chi connectivity index (χ3n) is 3.35.